The minimum Gasteiger partial charge on any atom is -0.441 e. The zero-order valence-corrected chi connectivity index (χ0v) is 28.1. The van der Waals surface area contributed by atoms with E-state index >= 15 is 0 Å². The fourth-order valence-corrected chi connectivity index (χ4v) is 0.0304. The van der Waals surface area contributed by atoms with E-state index in [9.17, 15) is 0 Å². The van der Waals surface area contributed by atoms with E-state index in [1.54, 1.807) is 6.92 Å². The molecule has 0 saturated carbocycles. The van der Waals surface area contributed by atoms with E-state index in [1.807, 2.05) is 0 Å². The number of rotatable bonds is 3. The van der Waals surface area contributed by atoms with Gasteiger partial charge < -0.3 is 69.4 Å². The van der Waals surface area contributed by atoms with Crippen LogP contribution in [0.5, 0.6) is 0 Å². The summed E-state index contributed by atoms with van der Waals surface area (Å²) in [5.41, 5.74) is 0. The van der Waals surface area contributed by atoms with Crippen molar-refractivity contribution in [3.05, 3.63) is 44.6 Å². The average Bonchev–Trinajstić information content (AvgIpc) is 2.22. The molecule has 0 fully saturated rings. The molecule has 0 amide bonds. The van der Waals surface area contributed by atoms with Crippen LogP contribution in [-0.4, -0.2) is 54.2 Å². The third kappa shape index (κ3) is 577. The number of hydrogen-bond acceptors (Lipinski definition) is 8. The van der Waals surface area contributed by atoms with Crippen LogP contribution >= 0.6 is 0 Å². The van der Waals surface area contributed by atoms with Gasteiger partial charge in [0, 0.05) is 6.61 Å². The summed E-state index contributed by atoms with van der Waals surface area (Å²) in [5, 5.41) is 22.7. The maximum Gasteiger partial charge on any atom is 2.00 e. The van der Waals surface area contributed by atoms with Crippen molar-refractivity contribution in [2.75, 3.05) is 20.0 Å². The molecule has 0 aromatic heterocycles. The van der Waals surface area contributed by atoms with Gasteiger partial charge in [-0.25, -0.2) is 0 Å². The molecule has 3 N–H and O–H groups in total. The summed E-state index contributed by atoms with van der Waals surface area (Å²) in [5.74, 6) is 0. The Morgan fingerprint density at radius 3 is 1.00 bits per heavy atom. The van der Waals surface area contributed by atoms with Gasteiger partial charge in [0.1, 0.15) is 6.29 Å². The SMILES string of the molecule is CCO.O=C=O.O=CCO.O=COCO.[CH3-].[CH3-].[CH3-].[CH3-].[CH3-].[CH3-].[U+2].[U+2].[U+2]. The van der Waals surface area contributed by atoms with E-state index in [4.69, 9.17) is 34.5 Å². The summed E-state index contributed by atoms with van der Waals surface area (Å²) >= 11 is 0. The minimum absolute atomic E-state index is 0. The van der Waals surface area contributed by atoms with Crippen molar-refractivity contribution < 1.29 is 133 Å². The molecule has 0 heterocycles. The average molecular weight is 1030 g/mol. The fourth-order valence-electron chi connectivity index (χ4n) is 0.0304. The van der Waals surface area contributed by atoms with Crippen molar-refractivity contribution in [3.8, 4) is 0 Å². The Labute approximate surface area is 220 Å². The molecule has 0 rings (SSSR count). The number of carbonyl (C=O) groups is 2. The first-order valence-corrected chi connectivity index (χ1v) is 3.47. The standard InChI is InChI=1S/C2H4O3.C2H4O2.C2H6O.CO2.6CH3.3U/c3-1-5-2-4;3-1-2-4;1-2-3;2-1-3;;;;;;;;;/h1,4H,2H2;1,4H,2H2;3H,2H2,1H3;;6*1H3;;;/q;;;;6*-1;3*+2. The van der Waals surface area contributed by atoms with Crippen LogP contribution < -0.4 is 0 Å². The van der Waals surface area contributed by atoms with E-state index in [1.165, 1.54) is 0 Å². The molecule has 144 valence electrons. The Kier molecular flexibility index (Phi) is 758. The van der Waals surface area contributed by atoms with Crippen LogP contribution in [0.15, 0.2) is 0 Å². The van der Waals surface area contributed by atoms with Crippen LogP contribution in [0.25, 0.3) is 0 Å². The van der Waals surface area contributed by atoms with Gasteiger partial charge in [-0.2, -0.15) is 9.59 Å². The molecule has 8 nitrogen and oxygen atoms in total. The second-order valence-corrected chi connectivity index (χ2v) is 1.14. The first kappa shape index (κ1) is 97.7. The molecule has 0 radical (unpaired) electrons. The molecule has 24 heavy (non-hydrogen) atoms. The van der Waals surface area contributed by atoms with Crippen molar-refractivity contribution in [1.29, 1.82) is 0 Å². The van der Waals surface area contributed by atoms with Gasteiger partial charge >= 0.3 is 99.5 Å². The second kappa shape index (κ2) is 186. The van der Waals surface area contributed by atoms with Gasteiger partial charge in [-0.15, -0.1) is 0 Å². The van der Waals surface area contributed by atoms with Crippen molar-refractivity contribution in [3.63, 3.8) is 0 Å². The Hall–Kier alpha value is 1.56. The van der Waals surface area contributed by atoms with Gasteiger partial charge in [0.2, 0.25) is 0 Å². The Morgan fingerprint density at radius 2 is 1.00 bits per heavy atom. The van der Waals surface area contributed by atoms with E-state index in [0.29, 0.717) is 6.29 Å². The predicted octanol–water partition coefficient (Wildman–Crippen LogP) is 0.404. The van der Waals surface area contributed by atoms with Crippen LogP contribution in [0.1, 0.15) is 6.92 Å². The summed E-state index contributed by atoms with van der Waals surface area (Å²) in [6, 6.07) is 0. The maximum atomic E-state index is 9.02. The smallest absolute Gasteiger partial charge is 0.441 e. The van der Waals surface area contributed by atoms with Crippen LogP contribution in [0.3, 0.4) is 0 Å². The number of aliphatic hydroxyl groups is 3. The molecule has 0 aromatic carbocycles. The number of ether oxygens (including phenoxy) is 1. The van der Waals surface area contributed by atoms with Gasteiger partial charge in [0.15, 0.2) is 6.79 Å². The van der Waals surface area contributed by atoms with Crippen molar-refractivity contribution in [2.24, 2.45) is 0 Å². The molecule has 0 aliphatic heterocycles. The maximum absolute atomic E-state index is 9.02. The Balaban J connectivity index is -0.00000000551. The molecule has 11 heteroatoms. The molecule has 0 saturated heterocycles. The molecule has 0 aliphatic carbocycles. The first-order valence-electron chi connectivity index (χ1n) is 3.47. The molecular formula is C13H32O8U3. The normalized spacial score (nSPS) is 3.50. The van der Waals surface area contributed by atoms with Crippen molar-refractivity contribution in [2.45, 2.75) is 6.92 Å². The molecule has 0 bridgehead atoms. The third-order valence-corrected chi connectivity index (χ3v) is 0.217. The van der Waals surface area contributed by atoms with Gasteiger partial charge in [0.05, 0.1) is 6.61 Å². The number of aliphatic hydroxyl groups excluding tert-OH is 3. The summed E-state index contributed by atoms with van der Waals surface area (Å²) < 4.78 is 3.71. The second-order valence-electron chi connectivity index (χ2n) is 1.14. The van der Waals surface area contributed by atoms with E-state index in [-0.39, 0.29) is 164 Å². The Morgan fingerprint density at radius 1 is 0.833 bits per heavy atom. The first-order chi connectivity index (χ1) is 7.16. The molecule has 0 spiro atoms. The monoisotopic (exact) mass is 1030 g/mol. The van der Waals surface area contributed by atoms with Gasteiger partial charge in [-0.05, 0) is 6.92 Å². The van der Waals surface area contributed by atoms with Gasteiger partial charge in [0.25, 0.3) is 6.47 Å². The largest absolute Gasteiger partial charge is 2.00 e. The molecule has 0 atom stereocenters. The summed E-state index contributed by atoms with van der Waals surface area (Å²) in [4.78, 5) is 34.2. The van der Waals surface area contributed by atoms with Crippen molar-refractivity contribution >= 4 is 18.9 Å². The summed E-state index contributed by atoms with van der Waals surface area (Å²) in [6.07, 6.45) is 0.681. The van der Waals surface area contributed by atoms with E-state index < -0.39 is 6.79 Å². The fraction of sp³-hybridized carbons (Fsp3) is 0.308. The summed E-state index contributed by atoms with van der Waals surface area (Å²) in [7, 11) is 0. The van der Waals surface area contributed by atoms with Crippen molar-refractivity contribution in [1.82, 2.24) is 0 Å². The number of hydrogen-bond donors (Lipinski definition) is 3. The van der Waals surface area contributed by atoms with Crippen LogP contribution in [-0.2, 0) is 23.9 Å². The minimum atomic E-state index is -0.524. The molecule has 0 aromatic rings. The topological polar surface area (TPSA) is 138 Å². The quantitative estimate of drug-likeness (QED) is 0.210. The Bertz CT molecular complexity index is 147. The third-order valence-electron chi connectivity index (χ3n) is 0.217. The zero-order valence-electron chi connectivity index (χ0n) is 15.7. The van der Waals surface area contributed by atoms with Crippen LogP contribution in [0.4, 0.5) is 0 Å². The molecule has 0 aliphatic rings. The molecular weight excluding hydrogens is 998 g/mol. The van der Waals surface area contributed by atoms with Gasteiger partial charge in [-0.3, -0.25) is 4.79 Å². The van der Waals surface area contributed by atoms with Crippen LogP contribution in [0, 0.1) is 138 Å². The van der Waals surface area contributed by atoms with Crippen LogP contribution in [0.2, 0.25) is 0 Å². The summed E-state index contributed by atoms with van der Waals surface area (Å²) in [6.45, 7) is 1.23. The number of aldehydes is 1. The van der Waals surface area contributed by atoms with E-state index in [2.05, 4.69) is 4.74 Å². The predicted molar refractivity (Wildman–Crippen MR) is 83.6 cm³/mol. The number of carbonyl (C=O) groups excluding carboxylic acids is 4. The van der Waals surface area contributed by atoms with Gasteiger partial charge in [-0.1, -0.05) is 0 Å². The molecule has 0 unspecified atom stereocenters. The zero-order chi connectivity index (χ0) is 12.9. The van der Waals surface area contributed by atoms with E-state index in [0.717, 1.165) is 0 Å².